The minimum absolute atomic E-state index is 0.0151. The summed E-state index contributed by atoms with van der Waals surface area (Å²) in [5, 5.41) is 18.2. The first-order chi connectivity index (χ1) is 13.1. The number of halogens is 8. The van der Waals surface area contributed by atoms with Crippen LogP contribution in [0.1, 0.15) is 30.4 Å². The molecule has 12 heteroatoms. The molecule has 1 aromatic rings. The topological polar surface area (TPSA) is 75.7 Å². The van der Waals surface area contributed by atoms with Crippen molar-refractivity contribution in [3.8, 4) is 5.75 Å². The number of hydrogen-bond acceptors (Lipinski definition) is 4. The Bertz CT molecular complexity index is 657. The maximum atomic E-state index is 13.2. The summed E-state index contributed by atoms with van der Waals surface area (Å²) in [6.07, 6.45) is -13.1. The lowest BCUT2D eigenvalue weighted by Crippen LogP contribution is -2.47. The number of rotatable bonds is 10. The largest absolute Gasteiger partial charge is 0.493 e. The van der Waals surface area contributed by atoms with E-state index in [-0.39, 0.29) is 18.4 Å². The van der Waals surface area contributed by atoms with E-state index in [1.807, 2.05) is 0 Å². The summed E-state index contributed by atoms with van der Waals surface area (Å²) in [7, 11) is 0. The van der Waals surface area contributed by atoms with Crippen LogP contribution in [0.3, 0.4) is 0 Å². The Balaban J connectivity index is 2.83. The quantitative estimate of drug-likeness (QED) is 0.384. The van der Waals surface area contributed by atoms with Crippen LogP contribution in [0.15, 0.2) is 18.2 Å². The fraction of sp³-hybridized carbons (Fsp3) is 0.647. The van der Waals surface area contributed by atoms with Gasteiger partial charge >= 0.3 is 18.3 Å². The molecule has 0 saturated carbocycles. The van der Waals surface area contributed by atoms with Crippen LogP contribution in [0.5, 0.6) is 5.75 Å². The van der Waals surface area contributed by atoms with Crippen molar-refractivity contribution >= 4 is 0 Å². The number of aliphatic hydroxyl groups excluding tert-OH is 2. The Morgan fingerprint density at radius 1 is 0.897 bits per heavy atom. The third kappa shape index (κ3) is 7.27. The zero-order chi connectivity index (χ0) is 22.5. The van der Waals surface area contributed by atoms with Crippen LogP contribution in [0, 0.1) is 0 Å². The van der Waals surface area contributed by atoms with Gasteiger partial charge in [-0.2, -0.15) is 35.1 Å². The summed E-state index contributed by atoms with van der Waals surface area (Å²) in [6, 6.07) is 2.90. The van der Waals surface area contributed by atoms with Crippen LogP contribution < -0.4 is 10.5 Å². The Morgan fingerprint density at radius 2 is 1.48 bits per heavy atom. The van der Waals surface area contributed by atoms with Gasteiger partial charge in [-0.25, -0.2) is 0 Å². The summed E-state index contributed by atoms with van der Waals surface area (Å²) in [5.41, 5.74) is 3.21. The highest BCUT2D eigenvalue weighted by Gasteiger charge is 2.56. The van der Waals surface area contributed by atoms with Crippen molar-refractivity contribution in [3.63, 3.8) is 0 Å². The number of benzene rings is 1. The molecule has 29 heavy (non-hydrogen) atoms. The van der Waals surface area contributed by atoms with E-state index in [9.17, 15) is 35.1 Å². The second kappa shape index (κ2) is 9.43. The van der Waals surface area contributed by atoms with Gasteiger partial charge in [0, 0.05) is 6.42 Å². The van der Waals surface area contributed by atoms with Gasteiger partial charge in [-0.15, -0.1) is 0 Å². The molecule has 0 radical (unpaired) electrons. The normalized spacial score (nSPS) is 13.6. The Morgan fingerprint density at radius 3 is 1.97 bits per heavy atom. The van der Waals surface area contributed by atoms with E-state index >= 15 is 0 Å². The van der Waals surface area contributed by atoms with Crippen LogP contribution in [-0.4, -0.2) is 47.7 Å². The molecule has 0 unspecified atom stereocenters. The van der Waals surface area contributed by atoms with Crippen LogP contribution >= 0.6 is 0 Å². The Kier molecular flexibility index (Phi) is 8.26. The van der Waals surface area contributed by atoms with Gasteiger partial charge in [-0.05, 0) is 37.0 Å². The minimum atomic E-state index is -5.74. The summed E-state index contributed by atoms with van der Waals surface area (Å²) in [5.74, 6) is -5.67. The van der Waals surface area contributed by atoms with E-state index in [1.54, 1.807) is 0 Å². The first-order valence-corrected chi connectivity index (χ1v) is 8.43. The zero-order valence-corrected chi connectivity index (χ0v) is 15.1. The van der Waals surface area contributed by atoms with Gasteiger partial charge in [0.25, 0.3) is 0 Å². The lowest BCUT2D eigenvalue weighted by atomic mass is 9.93. The van der Waals surface area contributed by atoms with Gasteiger partial charge in [-0.3, -0.25) is 0 Å². The standard InChI is InChI=1S/C17H21F8NO3/c18-15(19,17(23,24)25)5-1-7-29-13-3-2-11(8-12(13)16(20,21)22)4-6-14(26,9-27)10-28/h2-3,8,27-28H,1,4-7,9-10,26H2. The van der Waals surface area contributed by atoms with Crippen molar-refractivity contribution < 1.29 is 50.1 Å². The van der Waals surface area contributed by atoms with E-state index in [0.29, 0.717) is 0 Å². The number of nitrogens with two attached hydrogens (primary N) is 1. The molecule has 0 spiro atoms. The Hall–Kier alpha value is -1.66. The summed E-state index contributed by atoms with van der Waals surface area (Å²) in [4.78, 5) is 0. The number of aryl methyl sites for hydroxylation is 1. The summed E-state index contributed by atoms with van der Waals surface area (Å²) < 4.78 is 106. The summed E-state index contributed by atoms with van der Waals surface area (Å²) >= 11 is 0. The molecule has 1 aromatic carbocycles. The van der Waals surface area contributed by atoms with Crippen LogP contribution in [-0.2, 0) is 12.6 Å². The molecule has 4 N–H and O–H groups in total. The predicted octanol–water partition coefficient (Wildman–Crippen LogP) is 3.68. The van der Waals surface area contributed by atoms with Crippen molar-refractivity contribution in [2.75, 3.05) is 19.8 Å². The molecule has 0 atom stereocenters. The van der Waals surface area contributed by atoms with Gasteiger partial charge in [-0.1, -0.05) is 6.07 Å². The molecule has 0 bridgehead atoms. The maximum absolute atomic E-state index is 13.2. The average molecular weight is 439 g/mol. The molecule has 0 amide bonds. The number of hydrogen-bond donors (Lipinski definition) is 3. The van der Waals surface area contributed by atoms with E-state index in [4.69, 9.17) is 20.7 Å². The molecule has 0 heterocycles. The number of ether oxygens (including phenoxy) is 1. The van der Waals surface area contributed by atoms with Crippen LogP contribution in [0.4, 0.5) is 35.1 Å². The molecule has 0 aliphatic carbocycles. The lowest BCUT2D eigenvalue weighted by Gasteiger charge is -2.24. The molecule has 0 fully saturated rings. The first-order valence-electron chi connectivity index (χ1n) is 8.43. The second-order valence-corrected chi connectivity index (χ2v) is 6.66. The SMILES string of the molecule is NC(CO)(CO)CCc1ccc(OCCCC(F)(F)C(F)(F)F)c(C(F)(F)F)c1. The molecule has 4 nitrogen and oxygen atoms in total. The maximum Gasteiger partial charge on any atom is 0.453 e. The van der Waals surface area contributed by atoms with Crippen molar-refractivity contribution in [2.24, 2.45) is 5.73 Å². The van der Waals surface area contributed by atoms with Gasteiger partial charge in [0.15, 0.2) is 0 Å². The van der Waals surface area contributed by atoms with Crippen molar-refractivity contribution in [1.82, 2.24) is 0 Å². The molecule has 0 aromatic heterocycles. The summed E-state index contributed by atoms with van der Waals surface area (Å²) in [6.45, 7) is -1.94. The number of aliphatic hydroxyl groups is 2. The van der Waals surface area contributed by atoms with Gasteiger partial charge in [0.1, 0.15) is 5.75 Å². The fourth-order valence-corrected chi connectivity index (χ4v) is 2.30. The highest BCUT2D eigenvalue weighted by Crippen LogP contribution is 2.40. The van der Waals surface area contributed by atoms with Crippen LogP contribution in [0.2, 0.25) is 0 Å². The zero-order valence-electron chi connectivity index (χ0n) is 15.1. The molecule has 1 rings (SSSR count). The van der Waals surface area contributed by atoms with Gasteiger partial charge < -0.3 is 20.7 Å². The highest BCUT2D eigenvalue weighted by molar-refractivity contribution is 5.39. The highest BCUT2D eigenvalue weighted by atomic mass is 19.4. The first kappa shape index (κ1) is 25.4. The molecular formula is C17H21F8NO3. The van der Waals surface area contributed by atoms with Crippen molar-refractivity contribution in [1.29, 1.82) is 0 Å². The minimum Gasteiger partial charge on any atom is -0.493 e. The van der Waals surface area contributed by atoms with Gasteiger partial charge in [0.2, 0.25) is 0 Å². The third-order valence-electron chi connectivity index (χ3n) is 4.20. The monoisotopic (exact) mass is 439 g/mol. The third-order valence-corrected chi connectivity index (χ3v) is 4.20. The molecule has 0 aliphatic rings. The fourth-order valence-electron chi connectivity index (χ4n) is 2.30. The molecule has 0 aliphatic heterocycles. The predicted molar refractivity (Wildman–Crippen MR) is 86.6 cm³/mol. The molecular weight excluding hydrogens is 418 g/mol. The number of alkyl halides is 8. The van der Waals surface area contributed by atoms with Crippen molar-refractivity contribution in [3.05, 3.63) is 29.3 Å². The van der Waals surface area contributed by atoms with Gasteiger partial charge in [0.05, 0.1) is 30.9 Å². The molecule has 168 valence electrons. The Labute approximate surface area is 161 Å². The lowest BCUT2D eigenvalue weighted by molar-refractivity contribution is -0.284. The smallest absolute Gasteiger partial charge is 0.453 e. The van der Waals surface area contributed by atoms with E-state index in [2.05, 4.69) is 0 Å². The second-order valence-electron chi connectivity index (χ2n) is 6.66. The molecule has 0 saturated heterocycles. The van der Waals surface area contributed by atoms with E-state index in [1.165, 1.54) is 6.07 Å². The van der Waals surface area contributed by atoms with E-state index < -0.39 is 67.8 Å². The van der Waals surface area contributed by atoms with Crippen LogP contribution in [0.25, 0.3) is 0 Å². The van der Waals surface area contributed by atoms with Crippen molar-refractivity contribution in [2.45, 2.75) is 49.5 Å². The average Bonchev–Trinajstić information content (AvgIpc) is 2.62. The van der Waals surface area contributed by atoms with E-state index in [0.717, 1.165) is 12.1 Å².